The second kappa shape index (κ2) is 90.2. The molecular weight excluding hydrogens is 578 g/mol. The Balaban J connectivity index is -0.0000000317. The molecule has 0 fully saturated rings. The van der Waals surface area contributed by atoms with E-state index in [2.05, 4.69) is 78.7 Å². The van der Waals surface area contributed by atoms with E-state index < -0.39 is 12.1 Å². The van der Waals surface area contributed by atoms with Gasteiger partial charge in [-0.05, 0) is 59.3 Å². The molecule has 0 bridgehead atoms. The van der Waals surface area contributed by atoms with Gasteiger partial charge in [0.1, 0.15) is 0 Å². The first-order valence-electron chi connectivity index (χ1n) is 17.2. The van der Waals surface area contributed by atoms with Crippen molar-refractivity contribution in [3.8, 4) is 6.07 Å². The molecule has 7 heteroatoms. The minimum absolute atomic E-state index is 0. The number of nitriles is 1. The van der Waals surface area contributed by atoms with E-state index >= 15 is 0 Å². The molecule has 0 aliphatic carbocycles. The first-order valence-corrected chi connectivity index (χ1v) is 17.2. The van der Waals surface area contributed by atoms with Crippen molar-refractivity contribution in [2.45, 2.75) is 202 Å². The third kappa shape index (κ3) is 589. The molecular formula is C38H91F4NO2. The van der Waals surface area contributed by atoms with Gasteiger partial charge in [0.2, 0.25) is 5.92 Å². The van der Waals surface area contributed by atoms with Crippen LogP contribution in [-0.2, 0) is 9.47 Å². The highest BCUT2D eigenvalue weighted by Crippen LogP contribution is 2.06. The third-order valence-corrected chi connectivity index (χ3v) is 4.12. The van der Waals surface area contributed by atoms with Gasteiger partial charge in [0.05, 0.1) is 18.9 Å². The van der Waals surface area contributed by atoms with Gasteiger partial charge in [0.25, 0.3) is 0 Å². The van der Waals surface area contributed by atoms with Crippen molar-refractivity contribution in [2.75, 3.05) is 34.1 Å². The molecule has 0 saturated carbocycles. The molecule has 0 spiro atoms. The summed E-state index contributed by atoms with van der Waals surface area (Å²) in [5.74, 6) is -0.731. The maximum atomic E-state index is 11.4. The summed E-state index contributed by atoms with van der Waals surface area (Å²) in [4.78, 5) is 0. The van der Waals surface area contributed by atoms with Gasteiger partial charge in [0.15, 0.2) is 0 Å². The number of unbranched alkanes of at least 4 members (excludes halogenated alkanes) is 2. The average molecular weight is 670 g/mol. The Kier molecular flexibility index (Phi) is 150. The lowest BCUT2D eigenvalue weighted by Crippen LogP contribution is -1.98. The van der Waals surface area contributed by atoms with Gasteiger partial charge in [-0.1, -0.05) is 136 Å². The minimum Gasteiger partial charge on any atom is -0.385 e. The zero-order chi connectivity index (χ0) is 37.8. The second-order valence-electron chi connectivity index (χ2n) is 10.5. The van der Waals surface area contributed by atoms with Crippen LogP contribution in [0.2, 0.25) is 0 Å². The maximum Gasteiger partial charge on any atom is 0.242 e. The number of ether oxygens (including phenoxy) is 2. The molecule has 0 aromatic rings. The zero-order valence-corrected chi connectivity index (χ0v) is 34.0. The molecule has 1 unspecified atom stereocenters. The summed E-state index contributed by atoms with van der Waals surface area (Å²) in [6.07, 6.45) is 9.19. The third-order valence-electron chi connectivity index (χ3n) is 4.12. The predicted molar refractivity (Wildman–Crippen MR) is 203 cm³/mol. The summed E-state index contributed by atoms with van der Waals surface area (Å²) in [7, 11) is 3.36. The average Bonchev–Trinajstić information content (AvgIpc) is 3.01. The fraction of sp³-hybridized carbons (Fsp3) is 0.974. The smallest absolute Gasteiger partial charge is 0.242 e. The van der Waals surface area contributed by atoms with Gasteiger partial charge < -0.3 is 9.47 Å². The first kappa shape index (κ1) is 74.8. The molecule has 0 radical (unpaired) electrons. The number of rotatable bonds is 8. The van der Waals surface area contributed by atoms with Gasteiger partial charge >= 0.3 is 0 Å². The van der Waals surface area contributed by atoms with E-state index in [1.54, 1.807) is 28.1 Å². The van der Waals surface area contributed by atoms with Crippen molar-refractivity contribution in [2.24, 2.45) is 11.8 Å². The summed E-state index contributed by atoms with van der Waals surface area (Å²) in [5.41, 5.74) is 0. The van der Waals surface area contributed by atoms with Crippen LogP contribution in [-0.4, -0.2) is 46.2 Å². The van der Waals surface area contributed by atoms with Gasteiger partial charge in [-0.3, -0.25) is 4.39 Å². The summed E-state index contributed by atoms with van der Waals surface area (Å²) in [6.45, 7) is 36.1. The van der Waals surface area contributed by atoms with Crippen LogP contribution in [0.5, 0.6) is 0 Å². The highest BCUT2D eigenvalue weighted by atomic mass is 19.3. The van der Waals surface area contributed by atoms with Crippen LogP contribution in [0.15, 0.2) is 0 Å². The molecule has 0 heterocycles. The van der Waals surface area contributed by atoms with E-state index in [4.69, 9.17) is 5.26 Å². The summed E-state index contributed by atoms with van der Waals surface area (Å²) in [5, 5.41) is 7.62. The normalized spacial score (nSPS) is 8.91. The second-order valence-corrected chi connectivity index (χ2v) is 10.5. The van der Waals surface area contributed by atoms with Crippen molar-refractivity contribution < 1.29 is 27.0 Å². The van der Waals surface area contributed by atoms with Crippen molar-refractivity contribution in [1.29, 1.82) is 5.26 Å². The van der Waals surface area contributed by atoms with Crippen LogP contribution in [0.3, 0.4) is 0 Å². The van der Waals surface area contributed by atoms with E-state index in [0.29, 0.717) is 19.3 Å². The number of methoxy groups -OCH3 is 2. The molecule has 45 heavy (non-hydrogen) atoms. The fourth-order valence-corrected chi connectivity index (χ4v) is 0. The number of halogens is 4. The summed E-state index contributed by atoms with van der Waals surface area (Å²) >= 11 is 0. The molecule has 0 rings (SSSR count). The quantitative estimate of drug-likeness (QED) is 0.242. The van der Waals surface area contributed by atoms with Crippen molar-refractivity contribution >= 4 is 0 Å². The van der Waals surface area contributed by atoms with Gasteiger partial charge in [-0.25, -0.2) is 13.2 Å². The van der Waals surface area contributed by atoms with E-state index in [1.807, 2.05) is 33.8 Å². The van der Waals surface area contributed by atoms with Crippen LogP contribution >= 0.6 is 0 Å². The van der Waals surface area contributed by atoms with E-state index in [1.165, 1.54) is 38.5 Å². The molecule has 0 saturated heterocycles. The highest BCUT2D eigenvalue weighted by Gasteiger charge is 2.08. The Morgan fingerprint density at radius 2 is 0.733 bits per heavy atom. The molecule has 288 valence electrons. The minimum atomic E-state index is -2.50. The number of hydrogen-bond acceptors (Lipinski definition) is 3. The first-order chi connectivity index (χ1) is 20.3. The van der Waals surface area contributed by atoms with Gasteiger partial charge in [-0.2, -0.15) is 5.26 Å². The van der Waals surface area contributed by atoms with Crippen LogP contribution < -0.4 is 0 Å². The van der Waals surface area contributed by atoms with E-state index in [9.17, 15) is 17.6 Å². The Hall–Kier alpha value is -0.870. The standard InChI is InChI=1S/2C5H12.C4H9F.2C4H10.C3H6F2.C3H7F.C3H5N.2C3H8O.CH4/c2*1-4-5(2)3;1-3-4(2)5;2*1-3-4-2;1-3(2,4)5;2*1-2-3-4;2*1-3-4-2;/h2*5H,4H2,1-3H3;4H,3H2,1-2H3;2*3-4H2,1-2H3;1-2H3;2-3H2,1H3;2H2,1H3;2*3H2,1-2H3;1H4. The van der Waals surface area contributed by atoms with E-state index in [-0.39, 0.29) is 14.1 Å². The van der Waals surface area contributed by atoms with Crippen molar-refractivity contribution in [3.63, 3.8) is 0 Å². The Morgan fingerprint density at radius 1 is 0.600 bits per heavy atom. The highest BCUT2D eigenvalue weighted by molar-refractivity contribution is 4.62. The topological polar surface area (TPSA) is 42.2 Å². The van der Waals surface area contributed by atoms with Crippen LogP contribution in [0.25, 0.3) is 0 Å². The number of hydrogen-bond donors (Lipinski definition) is 0. The van der Waals surface area contributed by atoms with Gasteiger partial charge in [-0.15, -0.1) is 0 Å². The maximum absolute atomic E-state index is 11.4. The lowest BCUT2D eigenvalue weighted by Gasteiger charge is -1.94. The SMILES string of the molecule is C.CC(C)(F)F.CCC#N.CCC(C)C.CCC(C)C.CCC(C)F.CCCC.CCCC.CCCF.CCOC.CCOC. The van der Waals surface area contributed by atoms with Gasteiger partial charge in [0, 0.05) is 33.9 Å². The summed E-state index contributed by atoms with van der Waals surface area (Å²) < 4.78 is 53.3. The lowest BCUT2D eigenvalue weighted by molar-refractivity contribution is 0.0437. The molecule has 1 atom stereocenters. The van der Waals surface area contributed by atoms with E-state index in [0.717, 1.165) is 38.9 Å². The monoisotopic (exact) mass is 670 g/mol. The molecule has 0 amide bonds. The number of alkyl halides is 4. The molecule has 0 N–H and O–H groups in total. The molecule has 3 nitrogen and oxygen atoms in total. The number of nitrogens with zero attached hydrogens (tertiary/aromatic N) is 1. The molecule has 0 aliphatic heterocycles. The molecule has 0 aliphatic rings. The van der Waals surface area contributed by atoms with Crippen molar-refractivity contribution in [1.82, 2.24) is 0 Å². The van der Waals surface area contributed by atoms with Crippen LogP contribution in [0.1, 0.15) is 190 Å². The Morgan fingerprint density at radius 3 is 0.733 bits per heavy atom. The molecule has 0 aromatic carbocycles. The Labute approximate surface area is 286 Å². The summed E-state index contributed by atoms with van der Waals surface area (Å²) in [6, 6.07) is 1.93. The predicted octanol–water partition coefficient (Wildman–Crippen LogP) is 15.4. The fourth-order valence-electron chi connectivity index (χ4n) is 0. The largest absolute Gasteiger partial charge is 0.385 e. The zero-order valence-electron chi connectivity index (χ0n) is 34.0. The van der Waals surface area contributed by atoms with Crippen LogP contribution in [0, 0.1) is 23.2 Å². The molecule has 0 aromatic heterocycles. The van der Waals surface area contributed by atoms with Crippen LogP contribution in [0.4, 0.5) is 17.6 Å². The lowest BCUT2D eigenvalue weighted by atomic mass is 10.2. The Bertz CT molecular complexity index is 314. The van der Waals surface area contributed by atoms with Crippen molar-refractivity contribution in [3.05, 3.63) is 0 Å².